The number of carbonyl (C=O) groups excluding carboxylic acids is 1. The molecule has 0 bridgehead atoms. The lowest BCUT2D eigenvalue weighted by atomic mass is 10.2. The molecule has 0 saturated heterocycles. The molecule has 0 unspecified atom stereocenters. The van der Waals surface area contributed by atoms with Gasteiger partial charge in [-0.1, -0.05) is 22.9 Å². The molecule has 3 rings (SSSR count). The molecule has 2 heterocycles. The van der Waals surface area contributed by atoms with Crippen LogP contribution >= 0.6 is 22.9 Å². The smallest absolute Gasteiger partial charge is 0.263 e. The number of hydrogen-bond acceptors (Lipinski definition) is 7. The number of thiazole rings is 1. The first kappa shape index (κ1) is 21.3. The minimum absolute atomic E-state index is 0.259. The molecule has 8 nitrogen and oxygen atoms in total. The quantitative estimate of drug-likeness (QED) is 0.533. The van der Waals surface area contributed by atoms with Crippen molar-refractivity contribution in [2.45, 2.75) is 6.92 Å². The molecule has 29 heavy (non-hydrogen) atoms. The predicted octanol–water partition coefficient (Wildman–Crippen LogP) is 2.89. The van der Waals surface area contributed by atoms with Crippen molar-refractivity contribution in [3.8, 4) is 0 Å². The highest BCUT2D eigenvalue weighted by molar-refractivity contribution is 7.92. The second-order valence-electron chi connectivity index (χ2n) is 6.34. The van der Waals surface area contributed by atoms with Crippen LogP contribution in [-0.4, -0.2) is 50.7 Å². The van der Waals surface area contributed by atoms with Gasteiger partial charge in [0.25, 0.3) is 5.91 Å². The fourth-order valence-electron chi connectivity index (χ4n) is 2.60. The summed E-state index contributed by atoms with van der Waals surface area (Å²) in [5.74, 6) is -0.290. The molecule has 0 radical (unpaired) electrons. The monoisotopic (exact) mass is 453 g/mol. The van der Waals surface area contributed by atoms with Gasteiger partial charge in [0.15, 0.2) is 5.13 Å². The SMILES string of the molecule is Cc1nc(N(C)S(C)(=O)=O)sc1C(=O)NCCNc1ccnc2cc(Cl)ccc12. The number of nitrogens with one attached hydrogen (secondary N) is 2. The summed E-state index contributed by atoms with van der Waals surface area (Å²) in [6.07, 6.45) is 2.78. The summed E-state index contributed by atoms with van der Waals surface area (Å²) in [6, 6.07) is 7.35. The number of amides is 1. The molecule has 1 aromatic carbocycles. The molecule has 0 saturated carbocycles. The van der Waals surface area contributed by atoms with E-state index in [2.05, 4.69) is 20.6 Å². The van der Waals surface area contributed by atoms with Gasteiger partial charge in [0, 0.05) is 42.4 Å². The van der Waals surface area contributed by atoms with Crippen molar-refractivity contribution in [1.82, 2.24) is 15.3 Å². The first-order valence-electron chi connectivity index (χ1n) is 8.64. The van der Waals surface area contributed by atoms with Crippen LogP contribution in [0.3, 0.4) is 0 Å². The van der Waals surface area contributed by atoms with E-state index < -0.39 is 10.0 Å². The molecule has 0 fully saturated rings. The second kappa shape index (κ2) is 8.52. The maximum absolute atomic E-state index is 12.5. The second-order valence-corrected chi connectivity index (χ2v) is 9.77. The molecule has 2 N–H and O–H groups in total. The van der Waals surface area contributed by atoms with E-state index in [1.54, 1.807) is 25.3 Å². The number of carbonyl (C=O) groups is 1. The zero-order valence-electron chi connectivity index (χ0n) is 16.1. The molecule has 0 aliphatic heterocycles. The number of halogens is 1. The number of fused-ring (bicyclic) bond motifs is 1. The van der Waals surface area contributed by atoms with Gasteiger partial charge in [0.1, 0.15) is 4.88 Å². The van der Waals surface area contributed by atoms with Gasteiger partial charge in [-0.25, -0.2) is 17.7 Å². The van der Waals surface area contributed by atoms with Crippen LogP contribution in [0.15, 0.2) is 30.5 Å². The van der Waals surface area contributed by atoms with Crippen molar-refractivity contribution in [2.75, 3.05) is 36.0 Å². The molecule has 154 valence electrons. The van der Waals surface area contributed by atoms with Gasteiger partial charge in [-0.3, -0.25) is 9.78 Å². The molecule has 11 heteroatoms. The van der Waals surface area contributed by atoms with E-state index in [4.69, 9.17) is 11.6 Å². The van der Waals surface area contributed by atoms with Gasteiger partial charge < -0.3 is 10.6 Å². The van der Waals surface area contributed by atoms with E-state index in [-0.39, 0.29) is 11.0 Å². The van der Waals surface area contributed by atoms with E-state index in [1.165, 1.54) is 7.05 Å². The van der Waals surface area contributed by atoms with Crippen molar-refractivity contribution in [3.05, 3.63) is 46.1 Å². The predicted molar refractivity (Wildman–Crippen MR) is 118 cm³/mol. The van der Waals surface area contributed by atoms with Gasteiger partial charge in [0.05, 0.1) is 17.5 Å². The minimum Gasteiger partial charge on any atom is -0.383 e. The van der Waals surface area contributed by atoms with Gasteiger partial charge >= 0.3 is 0 Å². The van der Waals surface area contributed by atoms with Crippen LogP contribution < -0.4 is 14.9 Å². The van der Waals surface area contributed by atoms with Crippen molar-refractivity contribution in [1.29, 1.82) is 0 Å². The summed E-state index contributed by atoms with van der Waals surface area (Å²) < 4.78 is 24.4. The van der Waals surface area contributed by atoms with Crippen LogP contribution in [0.2, 0.25) is 5.02 Å². The number of rotatable bonds is 7. The zero-order valence-corrected chi connectivity index (χ0v) is 18.5. The van der Waals surface area contributed by atoms with Crippen LogP contribution in [-0.2, 0) is 10.0 Å². The molecule has 0 aliphatic carbocycles. The van der Waals surface area contributed by atoms with Gasteiger partial charge in [-0.05, 0) is 31.2 Å². The van der Waals surface area contributed by atoms with Crippen LogP contribution in [0, 0.1) is 6.92 Å². The lowest BCUT2D eigenvalue weighted by molar-refractivity contribution is 0.0958. The van der Waals surface area contributed by atoms with E-state index >= 15 is 0 Å². The van der Waals surface area contributed by atoms with E-state index in [0.717, 1.165) is 38.5 Å². The lowest BCUT2D eigenvalue weighted by Crippen LogP contribution is -2.28. The fourth-order valence-corrected chi connectivity index (χ4v) is 4.46. The molecule has 0 aliphatic rings. The topological polar surface area (TPSA) is 104 Å². The molecule has 0 spiro atoms. The summed E-state index contributed by atoms with van der Waals surface area (Å²) in [5.41, 5.74) is 2.17. The molecule has 2 aromatic heterocycles. The molecule has 1 amide bonds. The van der Waals surface area contributed by atoms with Crippen LogP contribution in [0.25, 0.3) is 10.9 Å². The standard InChI is InChI=1S/C18H20ClN5O3S2/c1-11-16(28-18(23-11)24(2)29(3,26)27)17(25)22-9-8-21-14-6-7-20-15-10-12(19)4-5-13(14)15/h4-7,10H,8-9H2,1-3H3,(H,20,21)(H,22,25). The number of benzene rings is 1. The first-order valence-corrected chi connectivity index (χ1v) is 11.7. The Morgan fingerprint density at radius 2 is 2.03 bits per heavy atom. The number of anilines is 2. The maximum atomic E-state index is 12.5. The third-order valence-corrected chi connectivity index (χ3v) is 6.94. The fraction of sp³-hybridized carbons (Fsp3) is 0.278. The third-order valence-electron chi connectivity index (χ3n) is 4.19. The van der Waals surface area contributed by atoms with E-state index in [1.807, 2.05) is 12.1 Å². The largest absolute Gasteiger partial charge is 0.383 e. The minimum atomic E-state index is -3.43. The Labute approximate surface area is 178 Å². The summed E-state index contributed by atoms with van der Waals surface area (Å²) in [4.78, 5) is 21.3. The van der Waals surface area contributed by atoms with Gasteiger partial charge in [-0.2, -0.15) is 0 Å². The first-order chi connectivity index (χ1) is 13.7. The Bertz CT molecular complexity index is 1160. The maximum Gasteiger partial charge on any atom is 0.263 e. The van der Waals surface area contributed by atoms with E-state index in [9.17, 15) is 13.2 Å². The number of hydrogen-bond donors (Lipinski definition) is 2. The highest BCUT2D eigenvalue weighted by Crippen LogP contribution is 2.27. The average Bonchev–Trinajstić information content (AvgIpc) is 3.05. The van der Waals surface area contributed by atoms with Crippen LogP contribution in [0.4, 0.5) is 10.8 Å². The summed E-state index contributed by atoms with van der Waals surface area (Å²) in [7, 11) is -2.02. The van der Waals surface area contributed by atoms with E-state index in [0.29, 0.717) is 28.7 Å². The normalized spacial score (nSPS) is 11.4. The van der Waals surface area contributed by atoms with Crippen molar-refractivity contribution in [3.63, 3.8) is 0 Å². The Balaban J connectivity index is 1.61. The number of aromatic nitrogens is 2. The highest BCUT2D eigenvalue weighted by Gasteiger charge is 2.21. The zero-order chi connectivity index (χ0) is 21.2. The number of sulfonamides is 1. The van der Waals surface area contributed by atoms with Crippen LogP contribution in [0.1, 0.15) is 15.4 Å². The Morgan fingerprint density at radius 1 is 1.28 bits per heavy atom. The molecular weight excluding hydrogens is 434 g/mol. The van der Waals surface area contributed by atoms with Crippen molar-refractivity contribution < 1.29 is 13.2 Å². The Morgan fingerprint density at radius 3 is 2.76 bits per heavy atom. The van der Waals surface area contributed by atoms with Gasteiger partial charge in [-0.15, -0.1) is 0 Å². The van der Waals surface area contributed by atoms with Crippen LogP contribution in [0.5, 0.6) is 0 Å². The third kappa shape index (κ3) is 4.95. The number of aryl methyl sites for hydroxylation is 1. The number of nitrogens with zero attached hydrogens (tertiary/aromatic N) is 3. The van der Waals surface area contributed by atoms with Gasteiger partial charge in [0.2, 0.25) is 10.0 Å². The molecule has 0 atom stereocenters. The number of pyridine rings is 1. The van der Waals surface area contributed by atoms with Crippen molar-refractivity contribution in [2.24, 2.45) is 0 Å². The highest BCUT2D eigenvalue weighted by atomic mass is 35.5. The summed E-state index contributed by atoms with van der Waals surface area (Å²) >= 11 is 7.04. The molecule has 3 aromatic rings. The van der Waals surface area contributed by atoms with Crippen molar-refractivity contribution >= 4 is 60.6 Å². The summed E-state index contributed by atoms with van der Waals surface area (Å²) in [6.45, 7) is 2.56. The molecular formula is C18H20ClN5O3S2. The average molecular weight is 454 g/mol. The summed E-state index contributed by atoms with van der Waals surface area (Å²) in [5, 5.41) is 7.92. The Hall–Kier alpha value is -2.43. The Kier molecular flexibility index (Phi) is 6.25. The lowest BCUT2D eigenvalue weighted by Gasteiger charge is -2.11.